The van der Waals surface area contributed by atoms with E-state index < -0.39 is 5.72 Å². The molecule has 4 fully saturated rings. The molecule has 27 heavy (non-hydrogen) atoms. The van der Waals surface area contributed by atoms with E-state index in [2.05, 4.69) is 17.1 Å². The fourth-order valence-corrected chi connectivity index (χ4v) is 5.97. The van der Waals surface area contributed by atoms with E-state index in [0.29, 0.717) is 17.2 Å². The van der Waals surface area contributed by atoms with Crippen molar-refractivity contribution in [1.82, 2.24) is 10.2 Å². The molecule has 5 heteroatoms. The van der Waals surface area contributed by atoms with Gasteiger partial charge in [-0.2, -0.15) is 0 Å². The van der Waals surface area contributed by atoms with Gasteiger partial charge in [-0.3, -0.25) is 9.59 Å². The third-order valence-corrected chi connectivity index (χ3v) is 7.47. The molecule has 0 unspecified atom stereocenters. The highest BCUT2D eigenvalue weighted by atomic mass is 16.5. The summed E-state index contributed by atoms with van der Waals surface area (Å²) in [5, 5.41) is 3.20. The van der Waals surface area contributed by atoms with Crippen molar-refractivity contribution in [2.24, 2.45) is 17.3 Å². The van der Waals surface area contributed by atoms with Crippen LogP contribution in [0.5, 0.6) is 5.75 Å². The summed E-state index contributed by atoms with van der Waals surface area (Å²) in [7, 11) is 0. The molecule has 4 atom stereocenters. The predicted molar refractivity (Wildman–Crippen MR) is 101 cm³/mol. The summed E-state index contributed by atoms with van der Waals surface area (Å²) in [6.07, 6.45) is 7.05. The number of carbonyl (C=O) groups is 2. The molecule has 1 aromatic carbocycles. The molecule has 1 N–H and O–H groups in total. The fourth-order valence-electron chi connectivity index (χ4n) is 5.97. The van der Waals surface area contributed by atoms with Crippen LogP contribution in [0.3, 0.4) is 0 Å². The Balaban J connectivity index is 1.43. The van der Waals surface area contributed by atoms with Gasteiger partial charge in [0.15, 0.2) is 5.72 Å². The molecule has 0 aromatic heterocycles. The molecule has 2 bridgehead atoms. The van der Waals surface area contributed by atoms with Crippen molar-refractivity contribution in [1.29, 1.82) is 0 Å². The number of rotatable bonds is 1. The van der Waals surface area contributed by atoms with Gasteiger partial charge in [-0.05, 0) is 56.1 Å². The van der Waals surface area contributed by atoms with E-state index in [1.165, 1.54) is 6.42 Å². The summed E-state index contributed by atoms with van der Waals surface area (Å²) < 4.78 is 6.45. The molecule has 3 aliphatic carbocycles. The minimum atomic E-state index is -0.656. The molecular formula is C22H28N2O3. The zero-order valence-electron chi connectivity index (χ0n) is 16.0. The summed E-state index contributed by atoms with van der Waals surface area (Å²) in [4.78, 5) is 28.1. The molecular weight excluding hydrogens is 340 g/mol. The van der Waals surface area contributed by atoms with Gasteiger partial charge in [0, 0.05) is 31.3 Å². The Hall–Kier alpha value is -2.04. The third kappa shape index (κ3) is 2.58. The first-order chi connectivity index (χ1) is 13.0. The second kappa shape index (κ2) is 5.98. The van der Waals surface area contributed by atoms with Gasteiger partial charge in [-0.25, -0.2) is 0 Å². The summed E-state index contributed by atoms with van der Waals surface area (Å²) in [5.74, 6) is 1.20. The number of fused-ring (bicyclic) bond motifs is 3. The number of nitrogens with one attached hydrogen (secondary N) is 1. The lowest BCUT2D eigenvalue weighted by Crippen LogP contribution is -2.69. The minimum Gasteiger partial charge on any atom is -0.467 e. The normalized spacial score (nSPS) is 37.5. The lowest BCUT2D eigenvalue weighted by atomic mass is 9.52. The maximum Gasteiger partial charge on any atom is 0.258 e. The fraction of sp³-hybridized carbons (Fsp3) is 0.636. The van der Waals surface area contributed by atoms with Gasteiger partial charge >= 0.3 is 0 Å². The summed E-state index contributed by atoms with van der Waals surface area (Å²) in [5.41, 5.74) is -0.171. The van der Waals surface area contributed by atoms with E-state index in [1.54, 1.807) is 0 Å². The van der Waals surface area contributed by atoms with Crippen LogP contribution in [-0.4, -0.2) is 35.5 Å². The van der Waals surface area contributed by atoms with Crippen LogP contribution >= 0.6 is 0 Å². The quantitative estimate of drug-likeness (QED) is 0.827. The van der Waals surface area contributed by atoms with Gasteiger partial charge in [0.05, 0.1) is 5.56 Å². The highest BCUT2D eigenvalue weighted by Gasteiger charge is 2.62. The SMILES string of the molecule is C[C@@]12CC[C@@H](C[C@@H]1C(=O)N1CCCCC1)[C@@]1(C2)NC(=O)c2ccccc2O1. The van der Waals surface area contributed by atoms with Gasteiger partial charge in [-0.1, -0.05) is 19.1 Å². The van der Waals surface area contributed by atoms with E-state index in [0.717, 1.165) is 51.6 Å². The molecule has 3 saturated carbocycles. The first kappa shape index (κ1) is 17.1. The molecule has 5 nitrogen and oxygen atoms in total. The number of amides is 2. The Labute approximate surface area is 160 Å². The zero-order chi connectivity index (χ0) is 18.6. The van der Waals surface area contributed by atoms with Gasteiger partial charge in [-0.15, -0.1) is 0 Å². The standard InChI is InChI=1S/C22H28N2O3/c1-21-10-9-15(13-17(21)20(26)24-11-5-2-6-12-24)22(14-21)23-19(25)16-7-3-4-8-18(16)27-22/h3-4,7-8,15,17H,2,5-6,9-14H2,1H3,(H,23,25)/t15-,17+,21-,22-/m0/s1. The first-order valence-corrected chi connectivity index (χ1v) is 10.4. The molecule has 5 aliphatic rings. The average molecular weight is 368 g/mol. The van der Waals surface area contributed by atoms with Gasteiger partial charge in [0.25, 0.3) is 5.91 Å². The van der Waals surface area contributed by atoms with Crippen LogP contribution in [-0.2, 0) is 4.79 Å². The second-order valence-corrected chi connectivity index (χ2v) is 9.18. The monoisotopic (exact) mass is 368 g/mol. The molecule has 1 saturated heterocycles. The number of benzene rings is 1. The number of piperidine rings is 1. The van der Waals surface area contributed by atoms with Crippen LogP contribution in [0, 0.1) is 17.3 Å². The van der Waals surface area contributed by atoms with Crippen LogP contribution in [0.25, 0.3) is 0 Å². The number of likely N-dealkylation sites (tertiary alicyclic amines) is 1. The second-order valence-electron chi connectivity index (χ2n) is 9.18. The highest BCUT2D eigenvalue weighted by Crippen LogP contribution is 2.59. The van der Waals surface area contributed by atoms with Crippen molar-refractivity contribution in [3.05, 3.63) is 29.8 Å². The van der Waals surface area contributed by atoms with Gasteiger partial charge in [0.1, 0.15) is 5.75 Å². The van der Waals surface area contributed by atoms with Crippen molar-refractivity contribution in [2.45, 2.75) is 57.6 Å². The predicted octanol–water partition coefficient (Wildman–Crippen LogP) is 3.34. The Morgan fingerprint density at radius 2 is 2.00 bits per heavy atom. The van der Waals surface area contributed by atoms with E-state index >= 15 is 0 Å². The maximum absolute atomic E-state index is 13.3. The highest BCUT2D eigenvalue weighted by molar-refractivity contribution is 5.98. The first-order valence-electron chi connectivity index (χ1n) is 10.4. The molecule has 2 amide bonds. The molecule has 1 spiro atoms. The third-order valence-electron chi connectivity index (χ3n) is 7.47. The molecule has 2 aliphatic heterocycles. The van der Waals surface area contributed by atoms with E-state index in [9.17, 15) is 9.59 Å². The van der Waals surface area contributed by atoms with Crippen LogP contribution in [0.2, 0.25) is 0 Å². The smallest absolute Gasteiger partial charge is 0.258 e. The summed E-state index contributed by atoms with van der Waals surface area (Å²) in [6.45, 7) is 4.04. The largest absolute Gasteiger partial charge is 0.467 e. The number of para-hydroxylation sites is 1. The maximum atomic E-state index is 13.3. The zero-order valence-corrected chi connectivity index (χ0v) is 16.0. The molecule has 1 aromatic rings. The molecule has 6 rings (SSSR count). The molecule has 2 heterocycles. The number of nitrogens with zero attached hydrogens (tertiary/aromatic N) is 1. The van der Waals surface area contributed by atoms with Crippen molar-refractivity contribution in [2.75, 3.05) is 13.1 Å². The van der Waals surface area contributed by atoms with Crippen LogP contribution in [0.15, 0.2) is 24.3 Å². The van der Waals surface area contributed by atoms with Crippen molar-refractivity contribution >= 4 is 11.8 Å². The van der Waals surface area contributed by atoms with Gasteiger partial charge < -0.3 is 15.0 Å². The summed E-state index contributed by atoms with van der Waals surface area (Å²) in [6, 6.07) is 7.47. The van der Waals surface area contributed by atoms with Crippen molar-refractivity contribution in [3.63, 3.8) is 0 Å². The van der Waals surface area contributed by atoms with Gasteiger partial charge in [0.2, 0.25) is 5.91 Å². The lowest BCUT2D eigenvalue weighted by molar-refractivity contribution is -0.174. The van der Waals surface area contributed by atoms with Crippen LogP contribution in [0.4, 0.5) is 0 Å². The van der Waals surface area contributed by atoms with E-state index in [-0.39, 0.29) is 23.2 Å². The Morgan fingerprint density at radius 3 is 2.78 bits per heavy atom. The van der Waals surface area contributed by atoms with E-state index in [1.807, 2.05) is 24.3 Å². The Kier molecular flexibility index (Phi) is 3.78. The number of hydrogen-bond acceptors (Lipinski definition) is 3. The van der Waals surface area contributed by atoms with E-state index in [4.69, 9.17) is 4.74 Å². The Morgan fingerprint density at radius 1 is 1.22 bits per heavy atom. The Bertz CT molecular complexity index is 788. The summed E-state index contributed by atoms with van der Waals surface area (Å²) >= 11 is 0. The average Bonchev–Trinajstić information content (AvgIpc) is 2.68. The number of carbonyl (C=O) groups excluding carboxylic acids is 2. The molecule has 144 valence electrons. The molecule has 0 radical (unpaired) electrons. The van der Waals surface area contributed by atoms with Crippen molar-refractivity contribution in [3.8, 4) is 5.75 Å². The minimum absolute atomic E-state index is 0.0492. The van der Waals surface area contributed by atoms with Crippen LogP contribution < -0.4 is 10.1 Å². The van der Waals surface area contributed by atoms with Crippen molar-refractivity contribution < 1.29 is 14.3 Å². The lowest BCUT2D eigenvalue weighted by Gasteiger charge is -2.60. The van der Waals surface area contributed by atoms with Crippen LogP contribution in [0.1, 0.15) is 62.2 Å². The number of hydrogen-bond donors (Lipinski definition) is 1. The number of ether oxygens (including phenoxy) is 1. The topological polar surface area (TPSA) is 58.6 Å².